The highest BCUT2D eigenvalue weighted by atomic mass is 35.5. The van der Waals surface area contributed by atoms with Crippen LogP contribution in [0.25, 0.3) is 0 Å². The highest BCUT2D eigenvalue weighted by molar-refractivity contribution is 5.85. The van der Waals surface area contributed by atoms with E-state index in [1.807, 2.05) is 0 Å². The lowest BCUT2D eigenvalue weighted by Crippen LogP contribution is -2.55. The van der Waals surface area contributed by atoms with Crippen molar-refractivity contribution in [1.29, 1.82) is 0 Å². The van der Waals surface area contributed by atoms with Gasteiger partial charge in [0.1, 0.15) is 5.60 Å². The zero-order valence-corrected chi connectivity index (χ0v) is 13.8. The summed E-state index contributed by atoms with van der Waals surface area (Å²) in [6.07, 6.45) is 1.49. The largest absolute Gasteiger partial charge is 0.391 e. The summed E-state index contributed by atoms with van der Waals surface area (Å²) in [7, 11) is 1.58. The summed E-state index contributed by atoms with van der Waals surface area (Å²) in [5.74, 6) is -0.107. The minimum Gasteiger partial charge on any atom is -0.391 e. The predicted molar refractivity (Wildman–Crippen MR) is 82.2 cm³/mol. The van der Waals surface area contributed by atoms with Crippen LogP contribution in [0.15, 0.2) is 0 Å². The van der Waals surface area contributed by atoms with Crippen molar-refractivity contribution in [2.45, 2.75) is 51.7 Å². The van der Waals surface area contributed by atoms with Crippen LogP contribution in [0, 0.1) is 5.41 Å². The number of rotatable bonds is 5. The van der Waals surface area contributed by atoms with Crippen LogP contribution in [-0.4, -0.2) is 49.5 Å². The van der Waals surface area contributed by atoms with E-state index in [2.05, 4.69) is 31.4 Å². The Hall–Kier alpha value is -0.360. The van der Waals surface area contributed by atoms with E-state index in [9.17, 15) is 9.90 Å². The lowest BCUT2D eigenvalue weighted by atomic mass is 9.88. The molecule has 3 N–H and O–H groups in total. The first-order valence-corrected chi connectivity index (χ1v) is 7.01. The minimum absolute atomic E-state index is 0. The van der Waals surface area contributed by atoms with E-state index in [0.717, 1.165) is 13.1 Å². The van der Waals surface area contributed by atoms with Crippen LogP contribution in [0.4, 0.5) is 0 Å². The van der Waals surface area contributed by atoms with Crippen molar-refractivity contribution in [3.8, 4) is 0 Å². The number of aliphatic hydroxyl groups excluding tert-OH is 1. The second-order valence-electron chi connectivity index (χ2n) is 6.58. The van der Waals surface area contributed by atoms with Crippen LogP contribution >= 0.6 is 12.4 Å². The number of piperidine rings is 1. The number of ether oxygens (including phenoxy) is 1. The van der Waals surface area contributed by atoms with Crippen molar-refractivity contribution in [2.24, 2.45) is 5.41 Å². The summed E-state index contributed by atoms with van der Waals surface area (Å²) >= 11 is 0. The second-order valence-corrected chi connectivity index (χ2v) is 6.58. The maximum Gasteiger partial charge on any atom is 0.252 e. The van der Waals surface area contributed by atoms with Gasteiger partial charge in [-0.1, -0.05) is 20.8 Å². The summed E-state index contributed by atoms with van der Waals surface area (Å²) in [6, 6.07) is 0. The fourth-order valence-electron chi connectivity index (χ4n) is 2.51. The molecule has 6 heteroatoms. The van der Waals surface area contributed by atoms with E-state index >= 15 is 0 Å². The first kappa shape index (κ1) is 19.6. The molecule has 1 atom stereocenters. The van der Waals surface area contributed by atoms with E-state index < -0.39 is 11.7 Å². The number of hydrogen-bond donors (Lipinski definition) is 3. The van der Waals surface area contributed by atoms with Crippen LogP contribution in [0.2, 0.25) is 0 Å². The molecule has 0 spiro atoms. The van der Waals surface area contributed by atoms with E-state index in [1.165, 1.54) is 0 Å². The third kappa shape index (κ3) is 5.95. The van der Waals surface area contributed by atoms with Crippen LogP contribution in [0.1, 0.15) is 40.0 Å². The summed E-state index contributed by atoms with van der Waals surface area (Å²) in [6.45, 7) is 8.07. The molecule has 1 amide bonds. The van der Waals surface area contributed by atoms with Gasteiger partial charge in [0.05, 0.1) is 6.10 Å². The number of amides is 1. The second kappa shape index (κ2) is 8.17. The lowest BCUT2D eigenvalue weighted by molar-refractivity contribution is -0.147. The quantitative estimate of drug-likeness (QED) is 0.711. The van der Waals surface area contributed by atoms with Crippen molar-refractivity contribution in [1.82, 2.24) is 10.6 Å². The Morgan fingerprint density at radius 3 is 2.40 bits per heavy atom. The van der Waals surface area contributed by atoms with Gasteiger partial charge in [0.15, 0.2) is 0 Å². The molecule has 1 heterocycles. The Balaban J connectivity index is 0.00000361. The van der Waals surface area contributed by atoms with E-state index in [0.29, 0.717) is 19.3 Å². The standard InChI is InChI=1S/C14H28N2O3.ClH/c1-13(2,3)9-11(17)10-16-12(18)14(19-4)5-7-15-8-6-14;/h11,15,17H,5-10H2,1-4H3,(H,16,18);1H. The Kier molecular flexibility index (Phi) is 8.03. The van der Waals surface area contributed by atoms with Crippen molar-refractivity contribution < 1.29 is 14.6 Å². The van der Waals surface area contributed by atoms with Crippen LogP contribution in [-0.2, 0) is 9.53 Å². The van der Waals surface area contributed by atoms with Crippen LogP contribution < -0.4 is 10.6 Å². The van der Waals surface area contributed by atoms with Gasteiger partial charge in [0, 0.05) is 13.7 Å². The molecule has 1 fully saturated rings. The number of hydrogen-bond acceptors (Lipinski definition) is 4. The molecule has 0 bridgehead atoms. The summed E-state index contributed by atoms with van der Waals surface area (Å²) < 4.78 is 5.44. The summed E-state index contributed by atoms with van der Waals surface area (Å²) in [5.41, 5.74) is -0.676. The summed E-state index contributed by atoms with van der Waals surface area (Å²) in [5, 5.41) is 16.0. The molecule has 0 aromatic heterocycles. The lowest BCUT2D eigenvalue weighted by Gasteiger charge is -2.35. The Labute approximate surface area is 128 Å². The fourth-order valence-corrected chi connectivity index (χ4v) is 2.51. The van der Waals surface area contributed by atoms with Gasteiger partial charge < -0.3 is 20.5 Å². The third-order valence-electron chi connectivity index (χ3n) is 3.56. The van der Waals surface area contributed by atoms with E-state index in [-0.39, 0.29) is 30.3 Å². The molecule has 0 aliphatic carbocycles. The topological polar surface area (TPSA) is 70.6 Å². The van der Waals surface area contributed by atoms with Gasteiger partial charge in [-0.25, -0.2) is 0 Å². The van der Waals surface area contributed by atoms with Crippen molar-refractivity contribution in [3.63, 3.8) is 0 Å². The number of aliphatic hydroxyl groups is 1. The molecule has 5 nitrogen and oxygen atoms in total. The molecule has 1 saturated heterocycles. The smallest absolute Gasteiger partial charge is 0.252 e. The Morgan fingerprint density at radius 2 is 1.95 bits per heavy atom. The monoisotopic (exact) mass is 308 g/mol. The third-order valence-corrected chi connectivity index (χ3v) is 3.56. The molecule has 1 rings (SSSR count). The molecule has 1 aliphatic heterocycles. The molecule has 20 heavy (non-hydrogen) atoms. The number of carbonyl (C=O) groups is 1. The predicted octanol–water partition coefficient (Wildman–Crippen LogP) is 1.09. The molecule has 0 radical (unpaired) electrons. The Morgan fingerprint density at radius 1 is 1.40 bits per heavy atom. The molecule has 0 aromatic carbocycles. The van der Waals surface area contributed by atoms with Crippen molar-refractivity contribution >= 4 is 18.3 Å². The average Bonchev–Trinajstić information content (AvgIpc) is 2.34. The van der Waals surface area contributed by atoms with Gasteiger partial charge in [-0.05, 0) is 37.8 Å². The molecular formula is C14H29ClN2O3. The van der Waals surface area contributed by atoms with Crippen LogP contribution in [0.3, 0.4) is 0 Å². The maximum absolute atomic E-state index is 12.2. The molecule has 1 aliphatic rings. The number of nitrogens with one attached hydrogen (secondary N) is 2. The average molecular weight is 309 g/mol. The van der Waals surface area contributed by atoms with Gasteiger partial charge in [-0.3, -0.25) is 4.79 Å². The Bertz CT molecular complexity index is 299. The molecular weight excluding hydrogens is 280 g/mol. The zero-order valence-electron chi connectivity index (χ0n) is 13.0. The molecule has 120 valence electrons. The molecule has 0 saturated carbocycles. The molecule has 0 aromatic rings. The van der Waals surface area contributed by atoms with Gasteiger partial charge >= 0.3 is 0 Å². The number of halogens is 1. The highest BCUT2D eigenvalue weighted by Gasteiger charge is 2.39. The normalized spacial score (nSPS) is 19.9. The number of carbonyl (C=O) groups excluding carboxylic acids is 1. The van der Waals surface area contributed by atoms with Crippen molar-refractivity contribution in [2.75, 3.05) is 26.7 Å². The summed E-state index contributed by atoms with van der Waals surface area (Å²) in [4.78, 5) is 12.2. The van der Waals surface area contributed by atoms with Crippen molar-refractivity contribution in [3.05, 3.63) is 0 Å². The number of methoxy groups -OCH3 is 1. The highest BCUT2D eigenvalue weighted by Crippen LogP contribution is 2.23. The fraction of sp³-hybridized carbons (Fsp3) is 0.929. The van der Waals surface area contributed by atoms with Crippen LogP contribution in [0.5, 0.6) is 0 Å². The van der Waals surface area contributed by atoms with Gasteiger partial charge in [0.2, 0.25) is 0 Å². The zero-order chi connectivity index (χ0) is 14.5. The maximum atomic E-state index is 12.2. The first-order chi connectivity index (χ1) is 8.79. The first-order valence-electron chi connectivity index (χ1n) is 7.01. The van der Waals surface area contributed by atoms with Gasteiger partial charge in [0.25, 0.3) is 5.91 Å². The van der Waals surface area contributed by atoms with E-state index in [1.54, 1.807) is 7.11 Å². The van der Waals surface area contributed by atoms with Gasteiger partial charge in [-0.2, -0.15) is 0 Å². The minimum atomic E-state index is -0.729. The molecule has 1 unspecified atom stereocenters. The van der Waals surface area contributed by atoms with Gasteiger partial charge in [-0.15, -0.1) is 12.4 Å². The van der Waals surface area contributed by atoms with E-state index in [4.69, 9.17) is 4.74 Å². The SMILES string of the molecule is COC1(C(=O)NCC(O)CC(C)(C)C)CCNCC1.Cl.